The van der Waals surface area contributed by atoms with Crippen LogP contribution in [0.25, 0.3) is 11.9 Å². The number of rotatable bonds is 7. The summed E-state index contributed by atoms with van der Waals surface area (Å²) in [7, 11) is 0. The van der Waals surface area contributed by atoms with Gasteiger partial charge in [0.15, 0.2) is 0 Å². The molecule has 2 N–H and O–H groups in total. The van der Waals surface area contributed by atoms with Crippen LogP contribution in [0.4, 0.5) is 5.82 Å². The number of nitrogens with one attached hydrogen (secondary N) is 2. The molecular formula is C20H22N6O. The third-order valence-corrected chi connectivity index (χ3v) is 3.85. The SMILES string of the molecule is Cc1nc(NCCNC(=O)/C=C/c2ccccc2)cc(-n2ccnc2C)n1. The molecule has 1 aromatic carbocycles. The van der Waals surface area contributed by atoms with E-state index in [1.54, 1.807) is 12.3 Å². The summed E-state index contributed by atoms with van der Waals surface area (Å²) in [4.78, 5) is 24.9. The summed E-state index contributed by atoms with van der Waals surface area (Å²) >= 11 is 0. The third kappa shape index (κ3) is 5.24. The van der Waals surface area contributed by atoms with Crippen molar-refractivity contribution in [2.24, 2.45) is 0 Å². The highest BCUT2D eigenvalue weighted by molar-refractivity contribution is 5.91. The molecule has 0 saturated carbocycles. The van der Waals surface area contributed by atoms with E-state index in [9.17, 15) is 4.79 Å². The van der Waals surface area contributed by atoms with Gasteiger partial charge in [0, 0.05) is 37.6 Å². The number of benzene rings is 1. The molecule has 3 aromatic rings. The fraction of sp³-hybridized carbons (Fsp3) is 0.200. The van der Waals surface area contributed by atoms with Gasteiger partial charge in [-0.1, -0.05) is 30.3 Å². The van der Waals surface area contributed by atoms with Crippen molar-refractivity contribution in [2.45, 2.75) is 13.8 Å². The van der Waals surface area contributed by atoms with Gasteiger partial charge in [0.25, 0.3) is 0 Å². The first-order valence-corrected chi connectivity index (χ1v) is 8.72. The number of amides is 1. The van der Waals surface area contributed by atoms with Crippen LogP contribution in [-0.2, 0) is 4.79 Å². The molecule has 0 aliphatic carbocycles. The lowest BCUT2D eigenvalue weighted by atomic mass is 10.2. The molecule has 3 rings (SSSR count). The Morgan fingerprint density at radius 1 is 1.15 bits per heavy atom. The Labute approximate surface area is 158 Å². The lowest BCUT2D eigenvalue weighted by Crippen LogP contribution is -2.27. The molecule has 1 amide bonds. The van der Waals surface area contributed by atoms with Crippen LogP contribution in [0.15, 0.2) is 54.9 Å². The molecule has 138 valence electrons. The van der Waals surface area contributed by atoms with Crippen LogP contribution in [0.3, 0.4) is 0 Å². The number of carbonyl (C=O) groups is 1. The number of aromatic nitrogens is 4. The molecule has 27 heavy (non-hydrogen) atoms. The molecule has 0 radical (unpaired) electrons. The zero-order valence-electron chi connectivity index (χ0n) is 15.4. The van der Waals surface area contributed by atoms with Crippen molar-refractivity contribution in [1.82, 2.24) is 24.8 Å². The molecule has 0 fully saturated rings. The maximum absolute atomic E-state index is 11.9. The van der Waals surface area contributed by atoms with Crippen LogP contribution >= 0.6 is 0 Å². The number of aryl methyl sites for hydroxylation is 2. The fourth-order valence-electron chi connectivity index (χ4n) is 2.56. The van der Waals surface area contributed by atoms with Crippen LogP contribution in [0.1, 0.15) is 17.2 Å². The van der Waals surface area contributed by atoms with Crippen LogP contribution < -0.4 is 10.6 Å². The van der Waals surface area contributed by atoms with E-state index in [1.165, 1.54) is 6.08 Å². The van der Waals surface area contributed by atoms with Crippen LogP contribution in [0, 0.1) is 13.8 Å². The average molecular weight is 362 g/mol. The summed E-state index contributed by atoms with van der Waals surface area (Å²) < 4.78 is 1.90. The van der Waals surface area contributed by atoms with Gasteiger partial charge < -0.3 is 10.6 Å². The highest BCUT2D eigenvalue weighted by atomic mass is 16.1. The number of nitrogens with zero attached hydrogens (tertiary/aromatic N) is 4. The van der Waals surface area contributed by atoms with E-state index in [0.29, 0.717) is 24.7 Å². The minimum Gasteiger partial charge on any atom is -0.368 e. The smallest absolute Gasteiger partial charge is 0.244 e. The largest absolute Gasteiger partial charge is 0.368 e. The standard InChI is InChI=1S/C20H22N6O/c1-15-24-18(14-19(25-15)26-13-12-21-16(26)2)22-10-11-23-20(27)9-8-17-6-4-3-5-7-17/h3-9,12-14H,10-11H2,1-2H3,(H,23,27)(H,22,24,25)/b9-8+. The molecule has 0 spiro atoms. The topological polar surface area (TPSA) is 84.7 Å². The van der Waals surface area contributed by atoms with Crippen molar-refractivity contribution in [3.8, 4) is 5.82 Å². The average Bonchev–Trinajstić information content (AvgIpc) is 3.10. The van der Waals surface area contributed by atoms with Crippen molar-refractivity contribution in [3.05, 3.63) is 72.1 Å². The highest BCUT2D eigenvalue weighted by Crippen LogP contribution is 2.12. The second-order valence-electron chi connectivity index (χ2n) is 5.96. The van der Waals surface area contributed by atoms with E-state index < -0.39 is 0 Å². The maximum Gasteiger partial charge on any atom is 0.244 e. The lowest BCUT2D eigenvalue weighted by molar-refractivity contribution is -0.116. The van der Waals surface area contributed by atoms with Crippen molar-refractivity contribution >= 4 is 17.8 Å². The Bertz CT molecular complexity index is 933. The zero-order chi connectivity index (χ0) is 19.1. The molecular weight excluding hydrogens is 340 g/mol. The second kappa shape index (κ2) is 8.75. The van der Waals surface area contributed by atoms with E-state index in [-0.39, 0.29) is 5.91 Å². The Morgan fingerprint density at radius 2 is 1.96 bits per heavy atom. The third-order valence-electron chi connectivity index (χ3n) is 3.85. The van der Waals surface area contributed by atoms with Crippen molar-refractivity contribution in [2.75, 3.05) is 18.4 Å². The van der Waals surface area contributed by atoms with Gasteiger partial charge in [-0.25, -0.2) is 15.0 Å². The second-order valence-corrected chi connectivity index (χ2v) is 5.96. The van der Waals surface area contributed by atoms with Crippen molar-refractivity contribution < 1.29 is 4.79 Å². The monoisotopic (exact) mass is 362 g/mol. The quantitative estimate of drug-likeness (QED) is 0.498. The number of imidazole rings is 1. The normalized spacial score (nSPS) is 10.9. The fourth-order valence-corrected chi connectivity index (χ4v) is 2.56. The first kappa shape index (κ1) is 18.3. The van der Waals surface area contributed by atoms with Gasteiger partial charge in [-0.2, -0.15) is 0 Å². The lowest BCUT2D eigenvalue weighted by Gasteiger charge is -2.10. The summed E-state index contributed by atoms with van der Waals surface area (Å²) in [5.74, 6) is 2.86. The van der Waals surface area contributed by atoms with Crippen LogP contribution in [-0.4, -0.2) is 38.5 Å². The molecule has 7 nitrogen and oxygen atoms in total. The molecule has 0 saturated heterocycles. The minimum atomic E-state index is -0.130. The molecule has 0 aliphatic rings. The first-order valence-electron chi connectivity index (χ1n) is 8.72. The molecule has 0 atom stereocenters. The molecule has 7 heteroatoms. The number of hydrogen-bond donors (Lipinski definition) is 2. The minimum absolute atomic E-state index is 0.130. The molecule has 2 aromatic heterocycles. The Kier molecular flexibility index (Phi) is 5.94. The summed E-state index contributed by atoms with van der Waals surface area (Å²) in [6.07, 6.45) is 6.92. The Hall–Kier alpha value is -3.48. The Balaban J connectivity index is 1.50. The van der Waals surface area contributed by atoms with E-state index >= 15 is 0 Å². The van der Waals surface area contributed by atoms with Gasteiger partial charge in [-0.05, 0) is 25.5 Å². The van der Waals surface area contributed by atoms with Crippen molar-refractivity contribution in [3.63, 3.8) is 0 Å². The van der Waals surface area contributed by atoms with E-state index in [0.717, 1.165) is 17.2 Å². The highest BCUT2D eigenvalue weighted by Gasteiger charge is 2.06. The van der Waals surface area contributed by atoms with Gasteiger partial charge >= 0.3 is 0 Å². The van der Waals surface area contributed by atoms with Gasteiger partial charge in [-0.3, -0.25) is 9.36 Å². The van der Waals surface area contributed by atoms with Gasteiger partial charge in [-0.15, -0.1) is 0 Å². The van der Waals surface area contributed by atoms with Gasteiger partial charge in [0.1, 0.15) is 23.3 Å². The summed E-state index contributed by atoms with van der Waals surface area (Å²) in [6, 6.07) is 11.6. The van der Waals surface area contributed by atoms with Gasteiger partial charge in [0.2, 0.25) is 5.91 Å². The van der Waals surface area contributed by atoms with Crippen molar-refractivity contribution in [1.29, 1.82) is 0 Å². The number of anilines is 1. The number of carbonyl (C=O) groups excluding carboxylic acids is 1. The number of hydrogen-bond acceptors (Lipinski definition) is 5. The van der Waals surface area contributed by atoms with Crippen LogP contribution in [0.2, 0.25) is 0 Å². The van der Waals surface area contributed by atoms with Gasteiger partial charge in [0.05, 0.1) is 0 Å². The van der Waals surface area contributed by atoms with E-state index in [4.69, 9.17) is 0 Å². The predicted octanol–water partition coefficient (Wildman–Crippen LogP) is 2.52. The first-order chi connectivity index (χ1) is 13.1. The van der Waals surface area contributed by atoms with E-state index in [1.807, 2.05) is 61.0 Å². The maximum atomic E-state index is 11.9. The summed E-state index contributed by atoms with van der Waals surface area (Å²) in [6.45, 7) is 4.81. The summed E-state index contributed by atoms with van der Waals surface area (Å²) in [5.41, 5.74) is 0.990. The van der Waals surface area contributed by atoms with E-state index in [2.05, 4.69) is 25.6 Å². The zero-order valence-corrected chi connectivity index (χ0v) is 15.4. The molecule has 0 unspecified atom stereocenters. The van der Waals surface area contributed by atoms with Crippen LogP contribution in [0.5, 0.6) is 0 Å². The molecule has 2 heterocycles. The molecule has 0 aliphatic heterocycles. The predicted molar refractivity (Wildman–Crippen MR) is 106 cm³/mol. The Morgan fingerprint density at radius 3 is 2.70 bits per heavy atom. The summed E-state index contributed by atoms with van der Waals surface area (Å²) in [5, 5.41) is 6.05. The molecule has 0 bridgehead atoms.